The van der Waals surface area contributed by atoms with Crippen LogP contribution in [0.2, 0.25) is 10.3 Å². The van der Waals surface area contributed by atoms with Crippen LogP contribution in [0, 0.1) is 0 Å². The molecule has 2 aromatic heterocycles. The van der Waals surface area contributed by atoms with Crippen molar-refractivity contribution >= 4 is 61.7 Å². The Labute approximate surface area is 133 Å². The zero-order valence-electron chi connectivity index (χ0n) is 9.99. The van der Waals surface area contributed by atoms with Crippen molar-refractivity contribution in [1.29, 1.82) is 0 Å². The number of aromatic nitrogens is 4. The zero-order valence-corrected chi connectivity index (χ0v) is 13.1. The van der Waals surface area contributed by atoms with Gasteiger partial charge in [-0.2, -0.15) is 8.75 Å². The second-order valence-corrected chi connectivity index (χ2v) is 6.80. The molecule has 0 aliphatic rings. The standard InChI is InChI=1S/C10H5Cl2N5O2S2/c11-6-1-2-7-9(16-20-15-7)8(6)17-21(18,19)5-3-13-10(12)14-4-5/h1-4,17H. The molecule has 0 radical (unpaired) electrons. The monoisotopic (exact) mass is 361 g/mol. The number of hydrogen-bond acceptors (Lipinski definition) is 7. The fourth-order valence-corrected chi connectivity index (χ4v) is 3.43. The number of benzene rings is 1. The highest BCUT2D eigenvalue weighted by Crippen LogP contribution is 2.31. The highest BCUT2D eigenvalue weighted by molar-refractivity contribution is 7.92. The molecule has 0 saturated carbocycles. The topological polar surface area (TPSA) is 97.7 Å². The van der Waals surface area contributed by atoms with E-state index in [1.807, 2.05) is 0 Å². The molecule has 0 aliphatic heterocycles. The van der Waals surface area contributed by atoms with Crippen LogP contribution in [0.25, 0.3) is 11.0 Å². The van der Waals surface area contributed by atoms with Crippen molar-refractivity contribution in [1.82, 2.24) is 18.7 Å². The third kappa shape index (κ3) is 2.77. The largest absolute Gasteiger partial charge is 0.276 e. The van der Waals surface area contributed by atoms with E-state index in [9.17, 15) is 8.42 Å². The van der Waals surface area contributed by atoms with E-state index in [1.54, 1.807) is 12.1 Å². The Hall–Kier alpha value is -1.55. The Morgan fingerprint density at radius 3 is 2.52 bits per heavy atom. The molecule has 0 bridgehead atoms. The first kappa shape index (κ1) is 14.4. The fraction of sp³-hybridized carbons (Fsp3) is 0. The van der Waals surface area contributed by atoms with Crippen molar-refractivity contribution in [2.75, 3.05) is 4.72 Å². The first-order chi connectivity index (χ1) is 9.97. The number of hydrogen-bond donors (Lipinski definition) is 1. The first-order valence-corrected chi connectivity index (χ1v) is 8.35. The van der Waals surface area contributed by atoms with Gasteiger partial charge in [-0.05, 0) is 23.7 Å². The van der Waals surface area contributed by atoms with Crippen molar-refractivity contribution in [2.45, 2.75) is 4.90 Å². The van der Waals surface area contributed by atoms with Gasteiger partial charge in [-0.25, -0.2) is 18.4 Å². The molecule has 0 atom stereocenters. The van der Waals surface area contributed by atoms with Gasteiger partial charge < -0.3 is 0 Å². The second kappa shape index (κ2) is 5.34. The van der Waals surface area contributed by atoms with E-state index < -0.39 is 10.0 Å². The van der Waals surface area contributed by atoms with E-state index in [2.05, 4.69) is 23.4 Å². The van der Waals surface area contributed by atoms with Crippen molar-refractivity contribution in [3.63, 3.8) is 0 Å². The van der Waals surface area contributed by atoms with E-state index in [0.29, 0.717) is 11.0 Å². The number of sulfonamides is 1. The number of halogens is 2. The summed E-state index contributed by atoms with van der Waals surface area (Å²) in [5.74, 6) is 0. The molecule has 0 amide bonds. The van der Waals surface area contributed by atoms with Gasteiger partial charge >= 0.3 is 0 Å². The van der Waals surface area contributed by atoms with Crippen molar-refractivity contribution in [3.05, 3.63) is 34.8 Å². The van der Waals surface area contributed by atoms with Crippen molar-refractivity contribution in [3.8, 4) is 0 Å². The van der Waals surface area contributed by atoms with Crippen LogP contribution in [-0.4, -0.2) is 27.1 Å². The van der Waals surface area contributed by atoms with E-state index in [4.69, 9.17) is 23.2 Å². The molecule has 0 unspecified atom stereocenters. The number of fused-ring (bicyclic) bond motifs is 1. The summed E-state index contributed by atoms with van der Waals surface area (Å²) in [6.07, 6.45) is 2.20. The molecule has 7 nitrogen and oxygen atoms in total. The van der Waals surface area contributed by atoms with Crippen LogP contribution in [0.5, 0.6) is 0 Å². The summed E-state index contributed by atoms with van der Waals surface area (Å²) in [5, 5.41) is 0.173. The van der Waals surface area contributed by atoms with Crippen molar-refractivity contribution in [2.24, 2.45) is 0 Å². The van der Waals surface area contributed by atoms with Crippen LogP contribution in [0.1, 0.15) is 0 Å². The molecular weight excluding hydrogens is 357 g/mol. The molecule has 0 spiro atoms. The summed E-state index contributed by atoms with van der Waals surface area (Å²) < 4.78 is 35.0. The van der Waals surface area contributed by atoms with Crippen LogP contribution in [0.3, 0.4) is 0 Å². The Balaban J connectivity index is 2.07. The van der Waals surface area contributed by atoms with Crippen LogP contribution < -0.4 is 4.72 Å². The second-order valence-electron chi connectivity index (χ2n) is 3.85. The van der Waals surface area contributed by atoms with Crippen LogP contribution in [0.4, 0.5) is 5.69 Å². The average molecular weight is 362 g/mol. The number of nitrogens with one attached hydrogen (secondary N) is 1. The fourth-order valence-electron chi connectivity index (χ4n) is 1.56. The van der Waals surface area contributed by atoms with Gasteiger partial charge in [-0.15, -0.1) is 0 Å². The molecular formula is C10H5Cl2N5O2S2. The van der Waals surface area contributed by atoms with Gasteiger partial charge in [0.15, 0.2) is 0 Å². The minimum absolute atomic E-state index is 0.0437. The SMILES string of the molecule is O=S(=O)(Nc1c(Cl)ccc2nsnc12)c1cnc(Cl)nc1. The van der Waals surface area contributed by atoms with E-state index >= 15 is 0 Å². The molecule has 0 aliphatic carbocycles. The van der Waals surface area contributed by atoms with Gasteiger partial charge in [0.2, 0.25) is 5.28 Å². The predicted molar refractivity (Wildman–Crippen MR) is 80.3 cm³/mol. The minimum Gasteiger partial charge on any atom is -0.276 e. The quantitative estimate of drug-likeness (QED) is 0.720. The summed E-state index contributed by atoms with van der Waals surface area (Å²) in [6.45, 7) is 0. The third-order valence-corrected chi connectivity index (χ3v) is 4.88. The van der Waals surface area contributed by atoms with Crippen LogP contribution in [0.15, 0.2) is 29.4 Å². The van der Waals surface area contributed by atoms with Gasteiger partial charge in [0.05, 0.1) is 34.8 Å². The Morgan fingerprint density at radius 1 is 1.10 bits per heavy atom. The molecule has 3 rings (SSSR count). The third-order valence-electron chi connectivity index (χ3n) is 2.52. The molecule has 0 saturated heterocycles. The zero-order chi connectivity index (χ0) is 15.0. The van der Waals surface area contributed by atoms with Crippen LogP contribution >= 0.6 is 34.9 Å². The van der Waals surface area contributed by atoms with E-state index in [1.165, 1.54) is 0 Å². The summed E-state index contributed by atoms with van der Waals surface area (Å²) >= 11 is 12.5. The molecule has 1 N–H and O–H groups in total. The molecule has 3 aromatic rings. The smallest absolute Gasteiger partial charge is 0.265 e. The number of rotatable bonds is 3. The van der Waals surface area contributed by atoms with Gasteiger partial charge in [0.25, 0.3) is 10.0 Å². The summed E-state index contributed by atoms with van der Waals surface area (Å²) in [5.41, 5.74) is 1.10. The normalized spacial score (nSPS) is 11.7. The van der Waals surface area contributed by atoms with Crippen LogP contribution in [-0.2, 0) is 10.0 Å². The molecule has 108 valence electrons. The predicted octanol–water partition coefficient (Wildman–Crippen LogP) is 2.59. The Bertz CT molecular complexity index is 911. The minimum atomic E-state index is -3.90. The van der Waals surface area contributed by atoms with Gasteiger partial charge in [0, 0.05) is 0 Å². The lowest BCUT2D eigenvalue weighted by molar-refractivity contribution is 0.600. The highest BCUT2D eigenvalue weighted by Gasteiger charge is 2.20. The molecule has 11 heteroatoms. The Morgan fingerprint density at radius 2 is 1.81 bits per heavy atom. The molecule has 21 heavy (non-hydrogen) atoms. The lowest BCUT2D eigenvalue weighted by atomic mass is 10.3. The maximum Gasteiger partial charge on any atom is 0.265 e. The maximum absolute atomic E-state index is 12.3. The van der Waals surface area contributed by atoms with Gasteiger partial charge in [-0.1, -0.05) is 11.6 Å². The highest BCUT2D eigenvalue weighted by atomic mass is 35.5. The van der Waals surface area contributed by atoms with Gasteiger partial charge in [0.1, 0.15) is 15.9 Å². The lowest BCUT2D eigenvalue weighted by Crippen LogP contribution is -2.14. The summed E-state index contributed by atoms with van der Waals surface area (Å²) in [6, 6.07) is 3.20. The lowest BCUT2D eigenvalue weighted by Gasteiger charge is -2.09. The molecule has 1 aromatic carbocycles. The van der Waals surface area contributed by atoms with E-state index in [-0.39, 0.29) is 20.9 Å². The maximum atomic E-state index is 12.3. The summed E-state index contributed by atoms with van der Waals surface area (Å²) in [7, 11) is -3.90. The number of nitrogens with zero attached hydrogens (tertiary/aromatic N) is 4. The molecule has 0 fully saturated rings. The van der Waals surface area contributed by atoms with E-state index in [0.717, 1.165) is 24.1 Å². The number of anilines is 1. The Kier molecular flexibility index (Phi) is 3.66. The van der Waals surface area contributed by atoms with Crippen molar-refractivity contribution < 1.29 is 8.42 Å². The van der Waals surface area contributed by atoms with Gasteiger partial charge in [-0.3, -0.25) is 4.72 Å². The first-order valence-electron chi connectivity index (χ1n) is 5.38. The average Bonchev–Trinajstić information content (AvgIpc) is 2.91. The molecule has 2 heterocycles. The summed E-state index contributed by atoms with van der Waals surface area (Å²) in [4.78, 5) is 7.14.